The van der Waals surface area contributed by atoms with Crippen LogP contribution in [0.1, 0.15) is 5.56 Å². The molecule has 1 heterocycles. The number of fused-ring (bicyclic) bond motifs is 1. The third kappa shape index (κ3) is 2.60. The summed E-state index contributed by atoms with van der Waals surface area (Å²) in [5.74, 6) is -1.46. The Balaban J connectivity index is 2.55. The number of carboxylic acids is 1. The van der Waals surface area contributed by atoms with Crippen molar-refractivity contribution in [3.63, 3.8) is 0 Å². The highest BCUT2D eigenvalue weighted by Gasteiger charge is 2.04. The first-order chi connectivity index (χ1) is 8.06. The summed E-state index contributed by atoms with van der Waals surface area (Å²) in [7, 11) is 0. The Hall–Kier alpha value is -1.94. The second kappa shape index (κ2) is 4.51. The fourth-order valence-corrected chi connectivity index (χ4v) is 1.62. The zero-order valence-corrected chi connectivity index (χ0v) is 9.28. The van der Waals surface area contributed by atoms with Crippen molar-refractivity contribution in [2.75, 3.05) is 0 Å². The van der Waals surface area contributed by atoms with E-state index in [4.69, 9.17) is 16.7 Å². The van der Waals surface area contributed by atoms with Crippen molar-refractivity contribution >= 4 is 34.5 Å². The average molecular weight is 252 g/mol. The quantitative estimate of drug-likeness (QED) is 0.659. The number of carboxylic acid groups (broad SMARTS) is 1. The molecule has 5 heteroatoms. The monoisotopic (exact) mass is 251 g/mol. The van der Waals surface area contributed by atoms with Gasteiger partial charge in [0.1, 0.15) is 11.0 Å². The predicted octanol–water partition coefficient (Wildman–Crippen LogP) is 3.13. The third-order valence-corrected chi connectivity index (χ3v) is 2.47. The van der Waals surface area contributed by atoms with Crippen LogP contribution in [-0.4, -0.2) is 16.1 Å². The van der Waals surface area contributed by atoms with Crippen molar-refractivity contribution in [3.8, 4) is 0 Å². The number of benzene rings is 1. The van der Waals surface area contributed by atoms with Crippen molar-refractivity contribution in [3.05, 3.63) is 46.9 Å². The van der Waals surface area contributed by atoms with Gasteiger partial charge in [0.2, 0.25) is 0 Å². The van der Waals surface area contributed by atoms with Gasteiger partial charge in [-0.3, -0.25) is 0 Å². The molecule has 0 fully saturated rings. The van der Waals surface area contributed by atoms with E-state index >= 15 is 0 Å². The van der Waals surface area contributed by atoms with Crippen LogP contribution in [0.25, 0.3) is 17.0 Å². The maximum absolute atomic E-state index is 12.9. The van der Waals surface area contributed by atoms with Crippen molar-refractivity contribution in [2.45, 2.75) is 0 Å². The lowest BCUT2D eigenvalue weighted by Crippen LogP contribution is -1.89. The summed E-state index contributed by atoms with van der Waals surface area (Å²) in [6, 6.07) is 5.80. The summed E-state index contributed by atoms with van der Waals surface area (Å²) >= 11 is 5.86. The van der Waals surface area contributed by atoms with Crippen LogP contribution in [-0.2, 0) is 4.79 Å². The van der Waals surface area contributed by atoms with E-state index in [2.05, 4.69) is 4.98 Å². The molecule has 0 unspecified atom stereocenters. The number of aliphatic carboxylic acids is 1. The number of pyridine rings is 1. The fraction of sp³-hybridized carbons (Fsp3) is 0. The van der Waals surface area contributed by atoms with Crippen molar-refractivity contribution < 1.29 is 14.3 Å². The largest absolute Gasteiger partial charge is 0.478 e. The molecule has 0 amide bonds. The smallest absolute Gasteiger partial charge is 0.328 e. The number of halogens is 2. The van der Waals surface area contributed by atoms with E-state index in [0.717, 1.165) is 6.08 Å². The Morgan fingerprint density at radius 3 is 2.88 bits per heavy atom. The molecule has 0 bridgehead atoms. The summed E-state index contributed by atoms with van der Waals surface area (Å²) in [5.41, 5.74) is 0.913. The van der Waals surface area contributed by atoms with Gasteiger partial charge in [0.05, 0.1) is 5.52 Å². The number of rotatable bonds is 2. The van der Waals surface area contributed by atoms with Gasteiger partial charge in [0, 0.05) is 23.1 Å². The minimum absolute atomic E-state index is 0.139. The first-order valence-electron chi connectivity index (χ1n) is 4.73. The molecule has 0 aliphatic carbocycles. The molecule has 0 aliphatic heterocycles. The molecule has 1 N–H and O–H groups in total. The molecule has 2 aromatic rings. The van der Waals surface area contributed by atoms with Gasteiger partial charge in [0.25, 0.3) is 0 Å². The first kappa shape index (κ1) is 11.5. The summed E-state index contributed by atoms with van der Waals surface area (Å²) < 4.78 is 12.9. The molecule has 17 heavy (non-hydrogen) atoms. The highest BCUT2D eigenvalue weighted by Crippen LogP contribution is 2.22. The van der Waals surface area contributed by atoms with Crippen molar-refractivity contribution in [1.29, 1.82) is 0 Å². The molecule has 1 aromatic heterocycles. The second-order valence-electron chi connectivity index (χ2n) is 3.38. The van der Waals surface area contributed by atoms with Gasteiger partial charge in [-0.25, -0.2) is 14.2 Å². The summed E-state index contributed by atoms with van der Waals surface area (Å²) in [4.78, 5) is 14.4. The number of hydrogen-bond acceptors (Lipinski definition) is 2. The normalized spacial score (nSPS) is 11.2. The van der Waals surface area contributed by atoms with Crippen LogP contribution in [0.4, 0.5) is 4.39 Å². The second-order valence-corrected chi connectivity index (χ2v) is 3.74. The van der Waals surface area contributed by atoms with Gasteiger partial charge < -0.3 is 5.11 Å². The number of nitrogens with zero attached hydrogens (tertiary/aromatic N) is 1. The molecular formula is C12H7ClFNO2. The van der Waals surface area contributed by atoms with E-state index in [1.165, 1.54) is 18.2 Å². The first-order valence-corrected chi connectivity index (χ1v) is 5.11. The van der Waals surface area contributed by atoms with E-state index in [1.54, 1.807) is 12.1 Å². The van der Waals surface area contributed by atoms with E-state index in [9.17, 15) is 9.18 Å². The molecule has 0 saturated carbocycles. The van der Waals surface area contributed by atoms with Crippen LogP contribution in [0.5, 0.6) is 0 Å². The standard InChI is InChI=1S/C12H7ClFNO2/c13-12-8(2-4-11(16)17)5-7-1-3-9(14)6-10(7)15-12/h1-6H,(H,16,17)/b4-2+. The molecule has 86 valence electrons. The SMILES string of the molecule is O=C(O)/C=C/c1cc2ccc(F)cc2nc1Cl. The summed E-state index contributed by atoms with van der Waals surface area (Å²) in [6.45, 7) is 0. The molecule has 1 aromatic carbocycles. The van der Waals surface area contributed by atoms with Crippen LogP contribution in [0.15, 0.2) is 30.3 Å². The third-order valence-electron chi connectivity index (χ3n) is 2.17. The highest BCUT2D eigenvalue weighted by atomic mass is 35.5. The summed E-state index contributed by atoms with van der Waals surface area (Å²) in [6.07, 6.45) is 2.32. The lowest BCUT2D eigenvalue weighted by molar-refractivity contribution is -0.131. The number of hydrogen-bond donors (Lipinski definition) is 1. The van der Waals surface area contributed by atoms with E-state index < -0.39 is 11.8 Å². The van der Waals surface area contributed by atoms with E-state index in [-0.39, 0.29) is 5.15 Å². The molecule has 0 spiro atoms. The van der Waals surface area contributed by atoms with E-state index in [1.807, 2.05) is 0 Å². The van der Waals surface area contributed by atoms with Crippen molar-refractivity contribution in [1.82, 2.24) is 4.98 Å². The molecule has 0 saturated heterocycles. The minimum atomic E-state index is -1.07. The Morgan fingerprint density at radius 1 is 1.41 bits per heavy atom. The van der Waals surface area contributed by atoms with Gasteiger partial charge in [-0.2, -0.15) is 0 Å². The molecular weight excluding hydrogens is 245 g/mol. The minimum Gasteiger partial charge on any atom is -0.478 e. The molecule has 0 atom stereocenters. The van der Waals surface area contributed by atoms with Gasteiger partial charge >= 0.3 is 5.97 Å². The maximum atomic E-state index is 12.9. The lowest BCUT2D eigenvalue weighted by atomic mass is 10.1. The van der Waals surface area contributed by atoms with E-state index in [0.29, 0.717) is 16.5 Å². The highest BCUT2D eigenvalue weighted by molar-refractivity contribution is 6.31. The topological polar surface area (TPSA) is 50.2 Å². The Bertz CT molecular complexity index is 625. The summed E-state index contributed by atoms with van der Waals surface area (Å²) in [5, 5.41) is 9.35. The number of aromatic nitrogens is 1. The average Bonchev–Trinajstić information content (AvgIpc) is 2.26. The van der Waals surface area contributed by atoms with Crippen LogP contribution >= 0.6 is 11.6 Å². The van der Waals surface area contributed by atoms with Crippen LogP contribution in [0.3, 0.4) is 0 Å². The molecule has 0 radical (unpaired) electrons. The Labute approximate surface area is 101 Å². The molecule has 0 aliphatic rings. The zero-order valence-electron chi connectivity index (χ0n) is 8.52. The molecule has 3 nitrogen and oxygen atoms in total. The zero-order chi connectivity index (χ0) is 12.4. The Kier molecular flexibility index (Phi) is 3.06. The van der Waals surface area contributed by atoms with Crippen LogP contribution < -0.4 is 0 Å². The van der Waals surface area contributed by atoms with Gasteiger partial charge in [0.15, 0.2) is 0 Å². The van der Waals surface area contributed by atoms with Crippen molar-refractivity contribution in [2.24, 2.45) is 0 Å². The van der Waals surface area contributed by atoms with Gasteiger partial charge in [-0.15, -0.1) is 0 Å². The fourth-order valence-electron chi connectivity index (χ4n) is 1.41. The van der Waals surface area contributed by atoms with Crippen LogP contribution in [0.2, 0.25) is 5.15 Å². The predicted molar refractivity (Wildman–Crippen MR) is 63.4 cm³/mol. The maximum Gasteiger partial charge on any atom is 0.328 e. The van der Waals surface area contributed by atoms with Gasteiger partial charge in [-0.05, 0) is 24.3 Å². The Morgan fingerprint density at radius 2 is 2.18 bits per heavy atom. The lowest BCUT2D eigenvalue weighted by Gasteiger charge is -2.01. The van der Waals surface area contributed by atoms with Crippen LogP contribution in [0, 0.1) is 5.82 Å². The number of carbonyl (C=O) groups is 1. The van der Waals surface area contributed by atoms with Gasteiger partial charge in [-0.1, -0.05) is 11.6 Å². The molecule has 2 rings (SSSR count).